The summed E-state index contributed by atoms with van der Waals surface area (Å²) in [6.07, 6.45) is 57.5. The predicted octanol–water partition coefficient (Wildman–Crippen LogP) is 16.1. The molecule has 6 heteroatoms. The molecular formula is C54H105NO5. The van der Waals surface area contributed by atoms with Gasteiger partial charge in [-0.3, -0.25) is 9.59 Å². The SMILES string of the molecule is CCCCCCCC/C=C\CCCCCCCC(=O)OCCCCCCCCCCCCCCCCC(=O)NC(CO)C(O)CCCCCCCCCCCCCCCC. The zero-order chi connectivity index (χ0) is 43.7. The molecule has 3 N–H and O–H groups in total. The van der Waals surface area contributed by atoms with E-state index < -0.39 is 12.1 Å². The van der Waals surface area contributed by atoms with E-state index in [9.17, 15) is 19.8 Å². The van der Waals surface area contributed by atoms with E-state index in [0.717, 1.165) is 51.4 Å². The molecule has 0 aliphatic carbocycles. The van der Waals surface area contributed by atoms with Crippen LogP contribution in [0, 0.1) is 0 Å². The zero-order valence-electron chi connectivity index (χ0n) is 40.5. The first-order valence-corrected chi connectivity index (χ1v) is 26.9. The number of aliphatic hydroxyl groups is 2. The van der Waals surface area contributed by atoms with Crippen molar-refractivity contribution in [1.29, 1.82) is 0 Å². The number of hydrogen-bond donors (Lipinski definition) is 3. The van der Waals surface area contributed by atoms with Gasteiger partial charge in [0, 0.05) is 12.8 Å². The lowest BCUT2D eigenvalue weighted by atomic mass is 10.0. The zero-order valence-corrected chi connectivity index (χ0v) is 40.5. The molecular weight excluding hydrogens is 743 g/mol. The Morgan fingerprint density at radius 3 is 1.18 bits per heavy atom. The molecule has 0 aromatic heterocycles. The molecule has 0 aliphatic heterocycles. The normalized spacial score (nSPS) is 12.7. The lowest BCUT2D eigenvalue weighted by Crippen LogP contribution is -2.45. The molecule has 0 saturated carbocycles. The topological polar surface area (TPSA) is 95.9 Å². The fourth-order valence-corrected chi connectivity index (χ4v) is 8.40. The van der Waals surface area contributed by atoms with Crippen LogP contribution in [0.3, 0.4) is 0 Å². The largest absolute Gasteiger partial charge is 0.466 e. The highest BCUT2D eigenvalue weighted by Crippen LogP contribution is 2.17. The first-order valence-electron chi connectivity index (χ1n) is 26.9. The van der Waals surface area contributed by atoms with E-state index in [2.05, 4.69) is 31.3 Å². The highest BCUT2D eigenvalue weighted by Gasteiger charge is 2.20. The van der Waals surface area contributed by atoms with Gasteiger partial charge in [-0.1, -0.05) is 244 Å². The summed E-state index contributed by atoms with van der Waals surface area (Å²) in [4.78, 5) is 24.5. The van der Waals surface area contributed by atoms with Crippen LogP contribution in [0.1, 0.15) is 296 Å². The Morgan fingerprint density at radius 2 is 0.783 bits per heavy atom. The Hall–Kier alpha value is -1.40. The summed E-state index contributed by atoms with van der Waals surface area (Å²) in [7, 11) is 0. The number of unbranched alkanes of at least 4 members (excludes halogenated alkanes) is 37. The number of allylic oxidation sites excluding steroid dienone is 2. The van der Waals surface area contributed by atoms with Crippen molar-refractivity contribution in [3.8, 4) is 0 Å². The van der Waals surface area contributed by atoms with Crippen LogP contribution in [0.2, 0.25) is 0 Å². The fourth-order valence-electron chi connectivity index (χ4n) is 8.40. The lowest BCUT2D eigenvalue weighted by molar-refractivity contribution is -0.143. The number of carbonyl (C=O) groups is 2. The van der Waals surface area contributed by atoms with E-state index in [4.69, 9.17) is 4.74 Å². The van der Waals surface area contributed by atoms with Gasteiger partial charge in [0.05, 0.1) is 25.4 Å². The molecule has 0 bridgehead atoms. The van der Waals surface area contributed by atoms with Crippen LogP contribution in [0.25, 0.3) is 0 Å². The summed E-state index contributed by atoms with van der Waals surface area (Å²) in [5.41, 5.74) is 0. The van der Waals surface area contributed by atoms with E-state index in [1.54, 1.807) is 0 Å². The average Bonchev–Trinajstić information content (AvgIpc) is 3.25. The molecule has 0 rings (SSSR count). The van der Waals surface area contributed by atoms with Crippen LogP contribution in [-0.2, 0) is 14.3 Å². The van der Waals surface area contributed by atoms with Gasteiger partial charge in [0.15, 0.2) is 0 Å². The number of amides is 1. The van der Waals surface area contributed by atoms with E-state index in [-0.39, 0.29) is 18.5 Å². The van der Waals surface area contributed by atoms with Gasteiger partial charge < -0.3 is 20.3 Å². The van der Waals surface area contributed by atoms with Crippen LogP contribution in [0.15, 0.2) is 12.2 Å². The third-order valence-corrected chi connectivity index (χ3v) is 12.6. The van der Waals surface area contributed by atoms with Crippen LogP contribution >= 0.6 is 0 Å². The number of ether oxygens (including phenoxy) is 1. The molecule has 0 saturated heterocycles. The second kappa shape index (κ2) is 50.2. The van der Waals surface area contributed by atoms with Crippen molar-refractivity contribution in [2.75, 3.05) is 13.2 Å². The molecule has 0 aliphatic rings. The van der Waals surface area contributed by atoms with Crippen molar-refractivity contribution in [3.63, 3.8) is 0 Å². The molecule has 356 valence electrons. The van der Waals surface area contributed by atoms with Crippen LogP contribution in [0.4, 0.5) is 0 Å². The van der Waals surface area contributed by atoms with E-state index >= 15 is 0 Å². The molecule has 0 fully saturated rings. The maximum absolute atomic E-state index is 12.4. The van der Waals surface area contributed by atoms with Crippen molar-refractivity contribution in [3.05, 3.63) is 12.2 Å². The van der Waals surface area contributed by atoms with E-state index in [1.807, 2.05) is 0 Å². The van der Waals surface area contributed by atoms with Gasteiger partial charge in [-0.2, -0.15) is 0 Å². The third kappa shape index (κ3) is 46.1. The van der Waals surface area contributed by atoms with Crippen LogP contribution in [-0.4, -0.2) is 47.4 Å². The van der Waals surface area contributed by atoms with Crippen molar-refractivity contribution < 1.29 is 24.5 Å². The maximum atomic E-state index is 12.4. The molecule has 2 unspecified atom stereocenters. The minimum Gasteiger partial charge on any atom is -0.466 e. The highest BCUT2D eigenvalue weighted by atomic mass is 16.5. The van der Waals surface area contributed by atoms with Crippen LogP contribution in [0.5, 0.6) is 0 Å². The second-order valence-corrected chi connectivity index (χ2v) is 18.6. The highest BCUT2D eigenvalue weighted by molar-refractivity contribution is 5.76. The summed E-state index contributed by atoms with van der Waals surface area (Å²) in [6, 6.07) is -0.548. The van der Waals surface area contributed by atoms with Crippen molar-refractivity contribution in [2.24, 2.45) is 0 Å². The van der Waals surface area contributed by atoms with E-state index in [1.165, 1.54) is 212 Å². The summed E-state index contributed by atoms with van der Waals surface area (Å²) in [6.45, 7) is 4.93. The molecule has 0 aromatic rings. The molecule has 0 spiro atoms. The number of carbonyl (C=O) groups excluding carboxylic acids is 2. The van der Waals surface area contributed by atoms with Gasteiger partial charge >= 0.3 is 5.97 Å². The third-order valence-electron chi connectivity index (χ3n) is 12.6. The Balaban J connectivity index is 3.43. The molecule has 0 radical (unpaired) electrons. The van der Waals surface area contributed by atoms with Gasteiger partial charge in [-0.05, 0) is 51.4 Å². The van der Waals surface area contributed by atoms with Gasteiger partial charge in [0.25, 0.3) is 0 Å². The monoisotopic (exact) mass is 848 g/mol. The number of aliphatic hydroxyl groups excluding tert-OH is 2. The number of rotatable bonds is 50. The molecule has 2 atom stereocenters. The lowest BCUT2D eigenvalue weighted by Gasteiger charge is -2.22. The summed E-state index contributed by atoms with van der Waals surface area (Å²) in [5.74, 6) is -0.0543. The van der Waals surface area contributed by atoms with Gasteiger partial charge in [-0.25, -0.2) is 0 Å². The average molecular weight is 848 g/mol. The number of esters is 1. The molecule has 0 aromatic carbocycles. The smallest absolute Gasteiger partial charge is 0.305 e. The maximum Gasteiger partial charge on any atom is 0.305 e. The molecule has 60 heavy (non-hydrogen) atoms. The number of nitrogens with one attached hydrogen (secondary N) is 1. The predicted molar refractivity (Wildman–Crippen MR) is 260 cm³/mol. The van der Waals surface area contributed by atoms with Gasteiger partial charge in [0.2, 0.25) is 5.91 Å². The Labute approximate surface area is 374 Å². The Morgan fingerprint density at radius 1 is 0.450 bits per heavy atom. The van der Waals surface area contributed by atoms with Crippen molar-refractivity contribution >= 4 is 11.9 Å². The first-order chi connectivity index (χ1) is 29.5. The first kappa shape index (κ1) is 58.6. The quantitative estimate of drug-likeness (QED) is 0.0322. The minimum absolute atomic E-state index is 0.00970. The molecule has 6 nitrogen and oxygen atoms in total. The molecule has 0 heterocycles. The molecule has 1 amide bonds. The van der Waals surface area contributed by atoms with Gasteiger partial charge in [0.1, 0.15) is 0 Å². The Kier molecular flexibility index (Phi) is 49.1. The van der Waals surface area contributed by atoms with Crippen molar-refractivity contribution in [1.82, 2.24) is 5.32 Å². The van der Waals surface area contributed by atoms with Crippen molar-refractivity contribution in [2.45, 2.75) is 309 Å². The van der Waals surface area contributed by atoms with E-state index in [0.29, 0.717) is 25.9 Å². The summed E-state index contributed by atoms with van der Waals surface area (Å²) < 4.78 is 5.46. The Bertz CT molecular complexity index is 893. The second-order valence-electron chi connectivity index (χ2n) is 18.6. The number of hydrogen-bond acceptors (Lipinski definition) is 5. The standard InChI is InChI=1S/C54H105NO5/c1-3-5-7-9-11-13-15-17-19-24-28-32-36-40-44-48-54(59)60-49-45-41-37-33-29-25-21-20-23-27-31-35-39-43-47-53(58)55-51(50-56)52(57)46-42-38-34-30-26-22-18-16-14-12-10-8-6-4-2/h17,19,51-52,56-57H,3-16,18,20-50H2,1-2H3,(H,55,58)/b19-17-. The fraction of sp³-hybridized carbons (Fsp3) is 0.926. The van der Waals surface area contributed by atoms with Gasteiger partial charge in [-0.15, -0.1) is 0 Å². The summed E-state index contributed by atoms with van der Waals surface area (Å²) >= 11 is 0. The minimum atomic E-state index is -0.670. The van der Waals surface area contributed by atoms with Crippen LogP contribution < -0.4 is 5.32 Å². The summed E-state index contributed by atoms with van der Waals surface area (Å²) in [5, 5.41) is 23.2.